The summed E-state index contributed by atoms with van der Waals surface area (Å²) in [5, 5.41) is 8.77. The summed E-state index contributed by atoms with van der Waals surface area (Å²) in [6.07, 6.45) is 4.46. The number of carbonyl (C=O) groups excluding carboxylic acids is 3. The van der Waals surface area contributed by atoms with E-state index in [0.29, 0.717) is 19.4 Å². The molecule has 0 bridgehead atoms. The van der Waals surface area contributed by atoms with Crippen LogP contribution in [0.5, 0.6) is 0 Å². The lowest BCUT2D eigenvalue weighted by molar-refractivity contribution is -0.167. The fourth-order valence-corrected chi connectivity index (χ4v) is 3.08. The molecule has 0 radical (unpaired) electrons. The first kappa shape index (κ1) is 21.4. The van der Waals surface area contributed by atoms with Crippen LogP contribution in [-0.4, -0.2) is 46.1 Å². The number of rotatable bonds is 7. The molecule has 0 aromatic heterocycles. The van der Waals surface area contributed by atoms with Gasteiger partial charge in [-0.15, -0.1) is 0 Å². The van der Waals surface area contributed by atoms with Crippen molar-refractivity contribution >= 4 is 17.8 Å². The molecule has 0 aromatic rings. The van der Waals surface area contributed by atoms with Crippen molar-refractivity contribution in [2.24, 2.45) is 5.92 Å². The first-order chi connectivity index (χ1) is 11.7. The van der Waals surface area contributed by atoms with Crippen molar-refractivity contribution in [1.82, 2.24) is 10.4 Å². The van der Waals surface area contributed by atoms with Crippen molar-refractivity contribution in [3.05, 3.63) is 0 Å². The highest BCUT2D eigenvalue weighted by Crippen LogP contribution is 2.25. The molecule has 7 nitrogen and oxygen atoms in total. The van der Waals surface area contributed by atoms with Crippen molar-refractivity contribution in [3.8, 4) is 0 Å². The highest BCUT2D eigenvalue weighted by molar-refractivity contribution is 5.89. The van der Waals surface area contributed by atoms with Crippen LogP contribution in [0.2, 0.25) is 0 Å². The number of unbranched alkanes of at least 4 members (excludes halogenated alkanes) is 1. The predicted molar refractivity (Wildman–Crippen MR) is 92.8 cm³/mol. The van der Waals surface area contributed by atoms with E-state index < -0.39 is 23.5 Å². The number of amides is 2. The Hall–Kier alpha value is -1.63. The Balaban J connectivity index is 2.90. The van der Waals surface area contributed by atoms with Crippen LogP contribution >= 0.6 is 0 Å². The van der Waals surface area contributed by atoms with Gasteiger partial charge in [0, 0.05) is 18.9 Å². The minimum absolute atomic E-state index is 0.0765. The van der Waals surface area contributed by atoms with Crippen LogP contribution in [-0.2, 0) is 19.1 Å². The third kappa shape index (κ3) is 7.02. The van der Waals surface area contributed by atoms with E-state index in [4.69, 9.17) is 9.94 Å². The van der Waals surface area contributed by atoms with E-state index in [2.05, 4.69) is 0 Å². The van der Waals surface area contributed by atoms with Crippen molar-refractivity contribution in [2.75, 3.05) is 6.54 Å². The summed E-state index contributed by atoms with van der Waals surface area (Å²) < 4.78 is 5.47. The highest BCUT2D eigenvalue weighted by Gasteiger charge is 2.37. The summed E-state index contributed by atoms with van der Waals surface area (Å²) >= 11 is 0. The summed E-state index contributed by atoms with van der Waals surface area (Å²) in [5.41, 5.74) is 0.984. The van der Waals surface area contributed by atoms with E-state index >= 15 is 0 Å². The molecule has 1 heterocycles. The number of hydroxylamine groups is 1. The van der Waals surface area contributed by atoms with E-state index in [1.54, 1.807) is 31.2 Å². The highest BCUT2D eigenvalue weighted by atomic mass is 16.6. The Morgan fingerprint density at radius 3 is 2.52 bits per heavy atom. The Kier molecular flexibility index (Phi) is 8.35. The summed E-state index contributed by atoms with van der Waals surface area (Å²) in [4.78, 5) is 38.6. The molecule has 0 aliphatic carbocycles. The zero-order valence-corrected chi connectivity index (χ0v) is 15.8. The summed E-state index contributed by atoms with van der Waals surface area (Å²) in [6.45, 7) is 7.91. The van der Waals surface area contributed by atoms with E-state index in [9.17, 15) is 14.4 Å². The average Bonchev–Trinajstić information content (AvgIpc) is 2.56. The number of nitrogens with one attached hydrogen (secondary N) is 1. The molecule has 7 heteroatoms. The van der Waals surface area contributed by atoms with Crippen LogP contribution in [0.3, 0.4) is 0 Å². The molecule has 1 aliphatic heterocycles. The molecule has 2 N–H and O–H groups in total. The van der Waals surface area contributed by atoms with Gasteiger partial charge in [0.2, 0.25) is 11.8 Å². The van der Waals surface area contributed by atoms with Crippen molar-refractivity contribution < 1.29 is 24.3 Å². The quantitative estimate of drug-likeness (QED) is 0.415. The topological polar surface area (TPSA) is 95.9 Å². The lowest BCUT2D eigenvalue weighted by Gasteiger charge is -2.37. The molecule has 0 spiro atoms. The van der Waals surface area contributed by atoms with E-state index in [1.807, 2.05) is 6.92 Å². The van der Waals surface area contributed by atoms with Crippen molar-refractivity contribution in [3.63, 3.8) is 0 Å². The Labute approximate surface area is 150 Å². The van der Waals surface area contributed by atoms with Gasteiger partial charge in [0.15, 0.2) is 0 Å². The summed E-state index contributed by atoms with van der Waals surface area (Å²) in [6, 6.07) is -0.596. The summed E-state index contributed by atoms with van der Waals surface area (Å²) in [5.74, 6) is -1.70. The first-order valence-electron chi connectivity index (χ1n) is 9.16. The van der Waals surface area contributed by atoms with Crippen LogP contribution in [0.25, 0.3) is 0 Å². The van der Waals surface area contributed by atoms with Gasteiger partial charge in [-0.25, -0.2) is 10.3 Å². The number of ether oxygens (including phenoxy) is 1. The second kappa shape index (κ2) is 9.75. The maximum absolute atomic E-state index is 13.0. The number of hydrogen-bond donors (Lipinski definition) is 2. The van der Waals surface area contributed by atoms with E-state index in [0.717, 1.165) is 25.7 Å². The molecule has 1 fully saturated rings. The number of hydrogen-bond acceptors (Lipinski definition) is 5. The molecular weight excluding hydrogens is 324 g/mol. The van der Waals surface area contributed by atoms with Crippen LogP contribution in [0.15, 0.2) is 0 Å². The molecule has 0 unspecified atom stereocenters. The maximum Gasteiger partial charge on any atom is 0.329 e. The normalized spacial score (nSPS) is 19.2. The van der Waals surface area contributed by atoms with Gasteiger partial charge in [0.05, 0.1) is 0 Å². The van der Waals surface area contributed by atoms with E-state index in [1.165, 1.54) is 0 Å². The van der Waals surface area contributed by atoms with Crippen molar-refractivity contribution in [2.45, 2.75) is 84.3 Å². The molecule has 2 atom stereocenters. The van der Waals surface area contributed by atoms with Gasteiger partial charge >= 0.3 is 5.97 Å². The zero-order chi connectivity index (χ0) is 19.0. The van der Waals surface area contributed by atoms with Gasteiger partial charge in [-0.3, -0.25) is 14.8 Å². The fourth-order valence-electron chi connectivity index (χ4n) is 3.08. The lowest BCUT2D eigenvalue weighted by atomic mass is 9.93. The molecule has 144 valence electrons. The van der Waals surface area contributed by atoms with Crippen LogP contribution in [0, 0.1) is 5.92 Å². The van der Waals surface area contributed by atoms with Gasteiger partial charge < -0.3 is 9.64 Å². The number of carbonyl (C=O) groups is 3. The molecular formula is C18H32N2O5. The molecule has 1 saturated heterocycles. The molecule has 1 aliphatic rings. The fraction of sp³-hybridized carbons (Fsp3) is 0.833. The van der Waals surface area contributed by atoms with Crippen LogP contribution < -0.4 is 5.48 Å². The van der Waals surface area contributed by atoms with Gasteiger partial charge in [-0.1, -0.05) is 19.8 Å². The minimum atomic E-state index is -0.609. The Morgan fingerprint density at radius 1 is 1.28 bits per heavy atom. The molecule has 0 aromatic carbocycles. The van der Waals surface area contributed by atoms with Gasteiger partial charge in [0.25, 0.3) is 0 Å². The van der Waals surface area contributed by atoms with Gasteiger partial charge in [-0.2, -0.15) is 0 Å². The number of nitrogens with zero attached hydrogens (tertiary/aromatic N) is 1. The number of piperidine rings is 1. The van der Waals surface area contributed by atoms with Crippen LogP contribution in [0.4, 0.5) is 0 Å². The second-order valence-electron chi connectivity index (χ2n) is 7.65. The Bertz CT molecular complexity index is 473. The average molecular weight is 356 g/mol. The molecule has 0 saturated carbocycles. The summed E-state index contributed by atoms with van der Waals surface area (Å²) in [7, 11) is 0. The molecule has 2 amide bonds. The maximum atomic E-state index is 13.0. The zero-order valence-electron chi connectivity index (χ0n) is 15.8. The molecule has 25 heavy (non-hydrogen) atoms. The third-order valence-corrected chi connectivity index (χ3v) is 4.28. The monoisotopic (exact) mass is 356 g/mol. The predicted octanol–water partition coefficient (Wildman–Crippen LogP) is 2.41. The third-order valence-electron chi connectivity index (χ3n) is 4.28. The number of likely N-dealkylation sites (tertiary alicyclic amines) is 1. The second-order valence-corrected chi connectivity index (χ2v) is 7.65. The largest absolute Gasteiger partial charge is 0.458 e. The van der Waals surface area contributed by atoms with E-state index in [-0.39, 0.29) is 18.3 Å². The SMILES string of the molecule is CCCC[C@H](CC(=O)NO)C(=O)N1CCCC[C@H]1C(=O)OC(C)(C)C. The van der Waals surface area contributed by atoms with Crippen LogP contribution in [0.1, 0.15) is 72.6 Å². The van der Waals surface area contributed by atoms with Crippen molar-refractivity contribution in [1.29, 1.82) is 0 Å². The Morgan fingerprint density at radius 2 is 1.96 bits per heavy atom. The first-order valence-corrected chi connectivity index (χ1v) is 9.16. The standard InChI is InChI=1S/C18H32N2O5/c1-5-6-9-13(12-15(21)19-24)16(22)20-11-8-7-10-14(20)17(23)25-18(2,3)4/h13-14,24H,5-12H2,1-4H3,(H,19,21)/t13-,14+/m1/s1. The van der Waals surface area contributed by atoms with Gasteiger partial charge in [0.1, 0.15) is 11.6 Å². The number of esters is 1. The molecule has 1 rings (SSSR count). The smallest absolute Gasteiger partial charge is 0.329 e. The lowest BCUT2D eigenvalue weighted by Crippen LogP contribution is -2.52. The van der Waals surface area contributed by atoms with Gasteiger partial charge in [-0.05, 0) is 46.5 Å². The minimum Gasteiger partial charge on any atom is -0.458 e.